The SMILES string of the molecule is CCCN(C)c1ccccc1CCN. The van der Waals surface area contributed by atoms with Gasteiger partial charge in [0.1, 0.15) is 0 Å². The van der Waals surface area contributed by atoms with Crippen LogP contribution in [0.5, 0.6) is 0 Å². The van der Waals surface area contributed by atoms with Crippen LogP contribution in [0.15, 0.2) is 24.3 Å². The first-order valence-electron chi connectivity index (χ1n) is 5.28. The Labute approximate surface area is 86.7 Å². The van der Waals surface area contributed by atoms with Gasteiger partial charge in [0.15, 0.2) is 0 Å². The van der Waals surface area contributed by atoms with Crippen molar-refractivity contribution in [2.24, 2.45) is 5.73 Å². The number of benzene rings is 1. The normalized spacial score (nSPS) is 10.2. The number of para-hydroxylation sites is 1. The van der Waals surface area contributed by atoms with Crippen LogP contribution in [0.25, 0.3) is 0 Å². The molecule has 1 aromatic rings. The summed E-state index contributed by atoms with van der Waals surface area (Å²) < 4.78 is 0. The number of anilines is 1. The Balaban J connectivity index is 2.82. The van der Waals surface area contributed by atoms with Crippen molar-refractivity contribution >= 4 is 5.69 Å². The van der Waals surface area contributed by atoms with E-state index >= 15 is 0 Å². The molecule has 0 aliphatic carbocycles. The van der Waals surface area contributed by atoms with Gasteiger partial charge < -0.3 is 10.6 Å². The zero-order valence-electron chi connectivity index (χ0n) is 9.16. The van der Waals surface area contributed by atoms with Crippen molar-refractivity contribution in [1.29, 1.82) is 0 Å². The van der Waals surface area contributed by atoms with Crippen LogP contribution in [0.2, 0.25) is 0 Å². The van der Waals surface area contributed by atoms with Gasteiger partial charge in [-0.25, -0.2) is 0 Å². The van der Waals surface area contributed by atoms with E-state index in [0.29, 0.717) is 0 Å². The molecular formula is C12H20N2. The van der Waals surface area contributed by atoms with E-state index in [-0.39, 0.29) is 0 Å². The van der Waals surface area contributed by atoms with Gasteiger partial charge in [0, 0.05) is 19.3 Å². The maximum absolute atomic E-state index is 5.59. The predicted octanol–water partition coefficient (Wildman–Crippen LogP) is 2.03. The Bertz CT molecular complexity index is 271. The van der Waals surface area contributed by atoms with Crippen LogP contribution in [0, 0.1) is 0 Å². The lowest BCUT2D eigenvalue weighted by molar-refractivity contribution is 0.840. The number of nitrogens with zero attached hydrogens (tertiary/aromatic N) is 1. The summed E-state index contributed by atoms with van der Waals surface area (Å²) in [5.74, 6) is 0. The molecule has 2 heteroatoms. The van der Waals surface area contributed by atoms with E-state index in [4.69, 9.17) is 5.73 Å². The second-order valence-electron chi connectivity index (χ2n) is 3.59. The Hall–Kier alpha value is -1.02. The molecule has 0 amide bonds. The number of nitrogens with two attached hydrogens (primary N) is 1. The van der Waals surface area contributed by atoms with E-state index in [1.807, 2.05) is 0 Å². The van der Waals surface area contributed by atoms with Crippen LogP contribution in [-0.4, -0.2) is 20.1 Å². The van der Waals surface area contributed by atoms with E-state index < -0.39 is 0 Å². The Morgan fingerprint density at radius 3 is 2.64 bits per heavy atom. The fourth-order valence-electron chi connectivity index (χ4n) is 1.71. The monoisotopic (exact) mass is 192 g/mol. The molecule has 0 aliphatic heterocycles. The molecule has 0 unspecified atom stereocenters. The molecule has 0 aromatic heterocycles. The molecule has 0 saturated carbocycles. The molecule has 78 valence electrons. The van der Waals surface area contributed by atoms with Crippen LogP contribution in [0.3, 0.4) is 0 Å². The summed E-state index contributed by atoms with van der Waals surface area (Å²) in [6, 6.07) is 8.49. The van der Waals surface area contributed by atoms with Gasteiger partial charge in [-0.3, -0.25) is 0 Å². The van der Waals surface area contributed by atoms with Gasteiger partial charge in [-0.1, -0.05) is 25.1 Å². The number of hydrogen-bond donors (Lipinski definition) is 1. The summed E-state index contributed by atoms with van der Waals surface area (Å²) in [5, 5.41) is 0. The lowest BCUT2D eigenvalue weighted by atomic mass is 10.1. The maximum atomic E-state index is 5.59. The van der Waals surface area contributed by atoms with Gasteiger partial charge in [0.25, 0.3) is 0 Å². The average molecular weight is 192 g/mol. The van der Waals surface area contributed by atoms with Crippen molar-refractivity contribution < 1.29 is 0 Å². The van der Waals surface area contributed by atoms with Crippen LogP contribution in [-0.2, 0) is 6.42 Å². The second-order valence-corrected chi connectivity index (χ2v) is 3.59. The smallest absolute Gasteiger partial charge is 0.0396 e. The topological polar surface area (TPSA) is 29.3 Å². The molecule has 2 N–H and O–H groups in total. The minimum absolute atomic E-state index is 0.719. The van der Waals surface area contributed by atoms with Crippen molar-refractivity contribution in [2.75, 3.05) is 25.0 Å². The molecule has 0 bridgehead atoms. The highest BCUT2D eigenvalue weighted by atomic mass is 15.1. The molecule has 1 rings (SSSR count). The minimum Gasteiger partial charge on any atom is -0.374 e. The second kappa shape index (κ2) is 5.66. The molecule has 0 spiro atoms. The summed E-state index contributed by atoms with van der Waals surface area (Å²) in [5.41, 5.74) is 8.26. The first kappa shape index (κ1) is 11.1. The lowest BCUT2D eigenvalue weighted by Crippen LogP contribution is -2.20. The quantitative estimate of drug-likeness (QED) is 0.773. The third-order valence-corrected chi connectivity index (χ3v) is 2.38. The third-order valence-electron chi connectivity index (χ3n) is 2.38. The van der Waals surface area contributed by atoms with E-state index in [1.165, 1.54) is 17.7 Å². The van der Waals surface area contributed by atoms with Crippen LogP contribution < -0.4 is 10.6 Å². The third kappa shape index (κ3) is 2.74. The Kier molecular flexibility index (Phi) is 4.47. The van der Waals surface area contributed by atoms with Gasteiger partial charge in [-0.2, -0.15) is 0 Å². The molecule has 1 aromatic carbocycles. The van der Waals surface area contributed by atoms with E-state index in [2.05, 4.69) is 43.1 Å². The molecule has 0 aliphatic rings. The molecule has 0 atom stereocenters. The van der Waals surface area contributed by atoms with Crippen molar-refractivity contribution in [3.8, 4) is 0 Å². The summed E-state index contributed by atoms with van der Waals surface area (Å²) in [4.78, 5) is 2.30. The summed E-state index contributed by atoms with van der Waals surface area (Å²) in [6.07, 6.45) is 2.14. The molecule has 2 nitrogen and oxygen atoms in total. The van der Waals surface area contributed by atoms with Gasteiger partial charge in [0.2, 0.25) is 0 Å². The standard InChI is InChI=1S/C12H20N2/c1-3-10-14(2)12-7-5-4-6-11(12)8-9-13/h4-7H,3,8-10,13H2,1-2H3. The lowest BCUT2D eigenvalue weighted by Gasteiger charge is -2.21. The highest BCUT2D eigenvalue weighted by Crippen LogP contribution is 2.19. The first-order chi connectivity index (χ1) is 6.79. The molecular weight excluding hydrogens is 172 g/mol. The fraction of sp³-hybridized carbons (Fsp3) is 0.500. The van der Waals surface area contributed by atoms with E-state index in [9.17, 15) is 0 Å². The predicted molar refractivity (Wildman–Crippen MR) is 62.8 cm³/mol. The number of rotatable bonds is 5. The average Bonchev–Trinajstić information content (AvgIpc) is 2.19. The fourth-order valence-corrected chi connectivity index (χ4v) is 1.71. The zero-order valence-corrected chi connectivity index (χ0v) is 9.16. The van der Waals surface area contributed by atoms with Gasteiger partial charge in [-0.05, 0) is 31.0 Å². The highest BCUT2D eigenvalue weighted by molar-refractivity contribution is 5.53. The Morgan fingerprint density at radius 1 is 1.29 bits per heavy atom. The number of hydrogen-bond acceptors (Lipinski definition) is 2. The summed E-state index contributed by atoms with van der Waals surface area (Å²) in [7, 11) is 2.14. The summed E-state index contributed by atoms with van der Waals surface area (Å²) in [6.45, 7) is 4.01. The van der Waals surface area contributed by atoms with Gasteiger partial charge in [0.05, 0.1) is 0 Å². The minimum atomic E-state index is 0.719. The Morgan fingerprint density at radius 2 is 2.00 bits per heavy atom. The van der Waals surface area contributed by atoms with Crippen molar-refractivity contribution in [3.05, 3.63) is 29.8 Å². The molecule has 0 radical (unpaired) electrons. The van der Waals surface area contributed by atoms with Gasteiger partial charge in [-0.15, -0.1) is 0 Å². The zero-order chi connectivity index (χ0) is 10.4. The first-order valence-corrected chi connectivity index (χ1v) is 5.28. The molecule has 0 heterocycles. The maximum Gasteiger partial charge on any atom is 0.0396 e. The summed E-state index contributed by atoms with van der Waals surface area (Å²) >= 11 is 0. The molecule has 0 saturated heterocycles. The van der Waals surface area contributed by atoms with Crippen LogP contribution in [0.4, 0.5) is 5.69 Å². The van der Waals surface area contributed by atoms with Crippen molar-refractivity contribution in [1.82, 2.24) is 0 Å². The van der Waals surface area contributed by atoms with Crippen LogP contribution >= 0.6 is 0 Å². The largest absolute Gasteiger partial charge is 0.374 e. The van der Waals surface area contributed by atoms with E-state index in [1.54, 1.807) is 0 Å². The van der Waals surface area contributed by atoms with Crippen LogP contribution in [0.1, 0.15) is 18.9 Å². The van der Waals surface area contributed by atoms with Gasteiger partial charge >= 0.3 is 0 Å². The van der Waals surface area contributed by atoms with Crippen molar-refractivity contribution in [3.63, 3.8) is 0 Å². The molecule has 0 fully saturated rings. The van der Waals surface area contributed by atoms with Crippen molar-refractivity contribution in [2.45, 2.75) is 19.8 Å². The molecule has 14 heavy (non-hydrogen) atoms. The van der Waals surface area contributed by atoms with E-state index in [0.717, 1.165) is 19.5 Å². The highest BCUT2D eigenvalue weighted by Gasteiger charge is 2.04.